The Hall–Kier alpha value is -1.32. The molecule has 1 N–H and O–H groups in total. The molecule has 0 heterocycles. The van der Waals surface area contributed by atoms with E-state index in [0.717, 1.165) is 12.8 Å². The number of allylic oxidation sites excluding steroid dienone is 2. The van der Waals surface area contributed by atoms with Crippen LogP contribution >= 0.6 is 0 Å². The van der Waals surface area contributed by atoms with Gasteiger partial charge in [0.1, 0.15) is 0 Å². The van der Waals surface area contributed by atoms with E-state index in [2.05, 4.69) is 0 Å². The minimum absolute atomic E-state index is 0.243. The molecule has 4 nitrogen and oxygen atoms in total. The fourth-order valence-electron chi connectivity index (χ4n) is 1.75. The monoisotopic (exact) mass is 226 g/mol. The summed E-state index contributed by atoms with van der Waals surface area (Å²) in [5, 5.41) is 9.18. The molecule has 0 saturated heterocycles. The molecular weight excluding hydrogens is 208 g/mol. The number of carboxylic acid groups (broad SMARTS) is 1. The number of aliphatic carboxylic acids is 1. The molecule has 0 fully saturated rings. The van der Waals surface area contributed by atoms with Crippen LogP contribution in [0.1, 0.15) is 39.0 Å². The van der Waals surface area contributed by atoms with E-state index >= 15 is 0 Å². The van der Waals surface area contributed by atoms with E-state index in [1.165, 1.54) is 0 Å². The summed E-state index contributed by atoms with van der Waals surface area (Å²) in [6.07, 6.45) is 6.55. The Labute approximate surface area is 95.3 Å². The third-order valence-corrected chi connectivity index (χ3v) is 2.90. The van der Waals surface area contributed by atoms with Crippen LogP contribution in [0.2, 0.25) is 0 Å². The lowest BCUT2D eigenvalue weighted by Crippen LogP contribution is -2.41. The Morgan fingerprint density at radius 3 is 2.69 bits per heavy atom. The summed E-state index contributed by atoms with van der Waals surface area (Å²) >= 11 is 0. The van der Waals surface area contributed by atoms with Gasteiger partial charge in [-0.1, -0.05) is 25.5 Å². The SMILES string of the molecule is CCCCOC(=O)C1(C(=O)O)CC=CCC1. The predicted octanol–water partition coefficient (Wildman–Crippen LogP) is 2.14. The second-order valence-corrected chi connectivity index (χ2v) is 4.09. The Morgan fingerprint density at radius 1 is 1.44 bits per heavy atom. The van der Waals surface area contributed by atoms with E-state index in [9.17, 15) is 14.7 Å². The maximum Gasteiger partial charge on any atom is 0.323 e. The molecule has 0 spiro atoms. The molecule has 1 aliphatic rings. The summed E-state index contributed by atoms with van der Waals surface area (Å²) in [5.74, 6) is -1.66. The van der Waals surface area contributed by atoms with Gasteiger partial charge in [0.15, 0.2) is 5.41 Å². The summed E-state index contributed by atoms with van der Waals surface area (Å²) in [4.78, 5) is 23.0. The maximum absolute atomic E-state index is 11.8. The van der Waals surface area contributed by atoms with E-state index in [1.54, 1.807) is 6.08 Å². The first-order valence-electron chi connectivity index (χ1n) is 5.69. The van der Waals surface area contributed by atoms with Crippen LogP contribution in [-0.4, -0.2) is 23.7 Å². The van der Waals surface area contributed by atoms with E-state index in [4.69, 9.17) is 4.74 Å². The molecule has 0 aromatic rings. The lowest BCUT2D eigenvalue weighted by Gasteiger charge is -2.27. The lowest BCUT2D eigenvalue weighted by atomic mass is 9.77. The summed E-state index contributed by atoms with van der Waals surface area (Å²) in [7, 11) is 0. The van der Waals surface area contributed by atoms with Crippen molar-refractivity contribution in [2.45, 2.75) is 39.0 Å². The number of rotatable bonds is 5. The Kier molecular flexibility index (Phi) is 4.52. The highest BCUT2D eigenvalue weighted by Gasteiger charge is 2.47. The Bertz CT molecular complexity index is 295. The molecule has 4 heteroatoms. The minimum Gasteiger partial charge on any atom is -0.480 e. The van der Waals surface area contributed by atoms with E-state index in [0.29, 0.717) is 19.4 Å². The van der Waals surface area contributed by atoms with Crippen molar-refractivity contribution in [3.05, 3.63) is 12.2 Å². The van der Waals surface area contributed by atoms with Gasteiger partial charge in [0, 0.05) is 0 Å². The molecule has 0 radical (unpaired) electrons. The molecule has 1 aliphatic carbocycles. The van der Waals surface area contributed by atoms with Gasteiger partial charge in [-0.2, -0.15) is 0 Å². The fraction of sp³-hybridized carbons (Fsp3) is 0.667. The van der Waals surface area contributed by atoms with Gasteiger partial charge in [0.05, 0.1) is 6.61 Å². The van der Waals surface area contributed by atoms with Crippen LogP contribution in [0.5, 0.6) is 0 Å². The van der Waals surface area contributed by atoms with E-state index < -0.39 is 17.4 Å². The van der Waals surface area contributed by atoms with Crippen molar-refractivity contribution >= 4 is 11.9 Å². The highest BCUT2D eigenvalue weighted by Crippen LogP contribution is 2.34. The van der Waals surface area contributed by atoms with Crippen LogP contribution in [0.25, 0.3) is 0 Å². The number of esters is 1. The number of carbonyl (C=O) groups is 2. The summed E-state index contributed by atoms with van der Waals surface area (Å²) in [6.45, 7) is 2.30. The third kappa shape index (κ3) is 2.62. The first-order valence-corrected chi connectivity index (χ1v) is 5.69. The highest BCUT2D eigenvalue weighted by atomic mass is 16.5. The van der Waals surface area contributed by atoms with E-state index in [1.807, 2.05) is 13.0 Å². The average Bonchev–Trinajstić information content (AvgIpc) is 2.30. The zero-order valence-corrected chi connectivity index (χ0v) is 9.57. The molecule has 1 unspecified atom stereocenters. The molecule has 1 rings (SSSR count). The van der Waals surface area contributed by atoms with Crippen molar-refractivity contribution in [3.63, 3.8) is 0 Å². The molecule has 0 bridgehead atoms. The second-order valence-electron chi connectivity index (χ2n) is 4.09. The first kappa shape index (κ1) is 12.7. The van der Waals surface area contributed by atoms with Crippen LogP contribution in [0, 0.1) is 5.41 Å². The molecule has 1 atom stereocenters. The normalized spacial score (nSPS) is 24.1. The quantitative estimate of drug-likeness (QED) is 0.337. The first-order chi connectivity index (χ1) is 7.63. The van der Waals surface area contributed by atoms with Crippen LogP contribution in [0.3, 0.4) is 0 Å². The number of unbranched alkanes of at least 4 members (excludes halogenated alkanes) is 1. The largest absolute Gasteiger partial charge is 0.480 e. The number of carboxylic acids is 1. The fourth-order valence-corrected chi connectivity index (χ4v) is 1.75. The standard InChI is InChI=1S/C12H18O4/c1-2-3-9-16-11(15)12(10(13)14)7-5-4-6-8-12/h4-5H,2-3,6-9H2,1H3,(H,13,14). The van der Waals surface area contributed by atoms with Crippen molar-refractivity contribution in [2.24, 2.45) is 5.41 Å². The predicted molar refractivity (Wildman–Crippen MR) is 58.9 cm³/mol. The molecule has 90 valence electrons. The van der Waals surface area contributed by atoms with Crippen LogP contribution in [0.15, 0.2) is 12.2 Å². The molecule has 0 amide bonds. The zero-order valence-electron chi connectivity index (χ0n) is 9.57. The van der Waals surface area contributed by atoms with Crippen LogP contribution < -0.4 is 0 Å². The topological polar surface area (TPSA) is 63.6 Å². The average molecular weight is 226 g/mol. The smallest absolute Gasteiger partial charge is 0.323 e. The molecule has 0 aromatic heterocycles. The molecule has 0 aliphatic heterocycles. The third-order valence-electron chi connectivity index (χ3n) is 2.90. The van der Waals surface area contributed by atoms with Gasteiger partial charge in [-0.3, -0.25) is 9.59 Å². The van der Waals surface area contributed by atoms with Gasteiger partial charge in [0.25, 0.3) is 0 Å². The van der Waals surface area contributed by atoms with Gasteiger partial charge < -0.3 is 9.84 Å². The molecule has 0 saturated carbocycles. The molecule has 16 heavy (non-hydrogen) atoms. The van der Waals surface area contributed by atoms with E-state index in [-0.39, 0.29) is 6.42 Å². The van der Waals surface area contributed by atoms with Crippen molar-refractivity contribution in [3.8, 4) is 0 Å². The molecular formula is C12H18O4. The zero-order chi connectivity index (χ0) is 12.0. The summed E-state index contributed by atoms with van der Waals surface area (Å²) in [5.41, 5.74) is -1.34. The summed E-state index contributed by atoms with van der Waals surface area (Å²) in [6, 6.07) is 0. The Balaban J connectivity index is 2.66. The van der Waals surface area contributed by atoms with Crippen molar-refractivity contribution in [2.75, 3.05) is 6.61 Å². The van der Waals surface area contributed by atoms with Crippen molar-refractivity contribution < 1.29 is 19.4 Å². The van der Waals surface area contributed by atoms with Gasteiger partial charge >= 0.3 is 11.9 Å². The maximum atomic E-state index is 11.8. The van der Waals surface area contributed by atoms with Crippen LogP contribution in [0.4, 0.5) is 0 Å². The van der Waals surface area contributed by atoms with Crippen molar-refractivity contribution in [1.29, 1.82) is 0 Å². The minimum atomic E-state index is -1.34. The highest BCUT2D eigenvalue weighted by molar-refractivity contribution is 5.99. The van der Waals surface area contributed by atoms with Gasteiger partial charge in [-0.25, -0.2) is 0 Å². The number of hydrogen-bond acceptors (Lipinski definition) is 3. The van der Waals surface area contributed by atoms with Gasteiger partial charge in [-0.15, -0.1) is 0 Å². The lowest BCUT2D eigenvalue weighted by molar-refractivity contribution is -0.169. The van der Waals surface area contributed by atoms with Gasteiger partial charge in [0.2, 0.25) is 0 Å². The summed E-state index contributed by atoms with van der Waals surface area (Å²) < 4.78 is 5.03. The molecule has 0 aromatic carbocycles. The number of carbonyl (C=O) groups excluding carboxylic acids is 1. The number of ether oxygens (including phenoxy) is 1. The second kappa shape index (κ2) is 5.68. The number of hydrogen-bond donors (Lipinski definition) is 1. The van der Waals surface area contributed by atoms with Crippen LogP contribution in [-0.2, 0) is 14.3 Å². The van der Waals surface area contributed by atoms with Gasteiger partial charge in [-0.05, 0) is 25.7 Å². The van der Waals surface area contributed by atoms with Crippen molar-refractivity contribution in [1.82, 2.24) is 0 Å². The Morgan fingerprint density at radius 2 is 2.19 bits per heavy atom.